The number of cyclic esters (lactones) is 1. The summed E-state index contributed by atoms with van der Waals surface area (Å²) in [5, 5.41) is 9.36. The van der Waals surface area contributed by atoms with Crippen molar-refractivity contribution in [1.82, 2.24) is 4.98 Å². The fourth-order valence-electron chi connectivity index (χ4n) is 5.89. The lowest BCUT2D eigenvalue weighted by molar-refractivity contribution is -0.203. The van der Waals surface area contributed by atoms with E-state index in [9.17, 15) is 14.9 Å². The van der Waals surface area contributed by atoms with Crippen molar-refractivity contribution in [2.45, 2.75) is 38.4 Å². The molecule has 0 amide bonds. The molecule has 1 saturated carbocycles. The van der Waals surface area contributed by atoms with Crippen LogP contribution in [0.2, 0.25) is 0 Å². The van der Waals surface area contributed by atoms with Gasteiger partial charge in [-0.2, -0.15) is 5.26 Å². The highest BCUT2D eigenvalue weighted by Gasteiger charge is 2.72. The third kappa shape index (κ3) is 4.40. The van der Waals surface area contributed by atoms with Crippen LogP contribution in [0.15, 0.2) is 48.7 Å². The number of fused-ring (bicyclic) bond motifs is 1. The first-order chi connectivity index (χ1) is 17.6. The van der Waals surface area contributed by atoms with Crippen LogP contribution in [0.4, 0.5) is 8.78 Å². The number of pyridine rings is 1. The Hall–Kier alpha value is -3.64. The maximum Gasteiger partial charge on any atom is 0.336 e. The number of allylic oxidation sites excluding steroid dienone is 1. The lowest BCUT2D eigenvalue weighted by Gasteiger charge is -2.49. The van der Waals surface area contributed by atoms with Crippen LogP contribution in [0, 0.1) is 34.5 Å². The molecule has 1 saturated heterocycles. The maximum absolute atomic E-state index is 15.4. The van der Waals surface area contributed by atoms with Crippen molar-refractivity contribution in [2.75, 3.05) is 14.2 Å². The van der Waals surface area contributed by atoms with Crippen LogP contribution >= 0.6 is 0 Å². The van der Waals surface area contributed by atoms with Gasteiger partial charge in [-0.05, 0) is 31.1 Å². The summed E-state index contributed by atoms with van der Waals surface area (Å²) in [5.74, 6) is -7.79. The molecule has 4 rings (SSSR count). The predicted molar refractivity (Wildman–Crippen MR) is 130 cm³/mol. The summed E-state index contributed by atoms with van der Waals surface area (Å²) in [7, 11) is 2.32. The number of carbonyl (C=O) groups is 2. The van der Waals surface area contributed by atoms with E-state index in [1.54, 1.807) is 49.5 Å². The Labute approximate surface area is 214 Å². The zero-order valence-corrected chi connectivity index (χ0v) is 21.0. The molecule has 1 aromatic heterocycles. The minimum absolute atomic E-state index is 0.513. The molecule has 9 heteroatoms. The Bertz CT molecular complexity index is 1260. The second kappa shape index (κ2) is 10.0. The highest BCUT2D eigenvalue weighted by molar-refractivity contribution is 5.89. The molecule has 0 N–H and O–H groups in total. The van der Waals surface area contributed by atoms with Crippen molar-refractivity contribution in [3.05, 3.63) is 59.9 Å². The first-order valence-corrected chi connectivity index (χ1v) is 11.9. The standard InChI is InChI=1S/C28H28F2N2O5/c1-16-21(12-11-20-10-9-19(14-32-20)22-8-6-5-7-18(22)13-31)23-17(2)37-26(34)27(23,15-28(16,29)30)24(35-3)25(33)36-4/h5-12,14,16-17,21,23-24H,15H2,1-4H3/b12-11+/t16-,17+,21-,23-,24+,27+/m0/s1. The van der Waals surface area contributed by atoms with Gasteiger partial charge >= 0.3 is 11.9 Å². The number of methoxy groups -OCH3 is 2. The molecule has 0 spiro atoms. The van der Waals surface area contributed by atoms with E-state index in [4.69, 9.17) is 14.2 Å². The zero-order chi connectivity index (χ0) is 27.0. The van der Waals surface area contributed by atoms with Crippen LogP contribution in [0.25, 0.3) is 17.2 Å². The number of alkyl halides is 2. The van der Waals surface area contributed by atoms with E-state index in [2.05, 4.69) is 11.1 Å². The molecule has 0 radical (unpaired) electrons. The average Bonchev–Trinajstić information content (AvgIpc) is 3.13. The van der Waals surface area contributed by atoms with Crippen molar-refractivity contribution < 1.29 is 32.6 Å². The summed E-state index contributed by atoms with van der Waals surface area (Å²) < 4.78 is 46.5. The molecular weight excluding hydrogens is 482 g/mol. The summed E-state index contributed by atoms with van der Waals surface area (Å²) >= 11 is 0. The number of ether oxygens (including phenoxy) is 3. The van der Waals surface area contributed by atoms with Gasteiger partial charge in [0, 0.05) is 42.7 Å². The Balaban J connectivity index is 1.71. The van der Waals surface area contributed by atoms with E-state index in [0.717, 1.165) is 18.2 Å². The Morgan fingerprint density at radius 3 is 2.59 bits per heavy atom. The van der Waals surface area contributed by atoms with Gasteiger partial charge in [-0.3, -0.25) is 9.78 Å². The topological polar surface area (TPSA) is 98.5 Å². The third-order valence-corrected chi connectivity index (χ3v) is 7.71. The number of hydrogen-bond acceptors (Lipinski definition) is 7. The van der Waals surface area contributed by atoms with Gasteiger partial charge in [0.15, 0.2) is 6.10 Å². The van der Waals surface area contributed by atoms with Gasteiger partial charge in [-0.25, -0.2) is 13.6 Å². The fourth-order valence-corrected chi connectivity index (χ4v) is 5.89. The average molecular weight is 511 g/mol. The van der Waals surface area contributed by atoms with Crippen LogP contribution in [0.5, 0.6) is 0 Å². The molecule has 2 fully saturated rings. The molecule has 0 bridgehead atoms. The first kappa shape index (κ1) is 26.4. The van der Waals surface area contributed by atoms with Gasteiger partial charge in [-0.15, -0.1) is 0 Å². The Morgan fingerprint density at radius 2 is 1.97 bits per heavy atom. The second-order valence-corrected chi connectivity index (χ2v) is 9.61. The number of esters is 2. The molecule has 2 aromatic rings. The van der Waals surface area contributed by atoms with Crippen LogP contribution < -0.4 is 0 Å². The number of carbonyl (C=O) groups excluding carboxylic acids is 2. The zero-order valence-electron chi connectivity index (χ0n) is 21.0. The number of halogens is 2. The van der Waals surface area contributed by atoms with E-state index in [0.29, 0.717) is 11.3 Å². The molecule has 37 heavy (non-hydrogen) atoms. The van der Waals surface area contributed by atoms with Gasteiger partial charge in [-0.1, -0.05) is 37.3 Å². The summed E-state index contributed by atoms with van der Waals surface area (Å²) in [6, 6.07) is 12.8. The lowest BCUT2D eigenvalue weighted by Crippen LogP contribution is -2.60. The number of nitrogens with zero attached hydrogens (tertiary/aromatic N) is 2. The van der Waals surface area contributed by atoms with E-state index >= 15 is 8.78 Å². The molecule has 2 aliphatic rings. The van der Waals surface area contributed by atoms with Crippen molar-refractivity contribution in [3.63, 3.8) is 0 Å². The highest BCUT2D eigenvalue weighted by atomic mass is 19.3. The van der Waals surface area contributed by atoms with Crippen LogP contribution in [-0.2, 0) is 23.8 Å². The van der Waals surface area contributed by atoms with Gasteiger partial charge in [0.2, 0.25) is 0 Å². The summed E-state index contributed by atoms with van der Waals surface area (Å²) in [5.41, 5.74) is 0.613. The molecule has 6 atom stereocenters. The summed E-state index contributed by atoms with van der Waals surface area (Å²) in [6.45, 7) is 3.08. The number of nitriles is 1. The van der Waals surface area contributed by atoms with Crippen molar-refractivity contribution in [2.24, 2.45) is 23.2 Å². The summed E-state index contributed by atoms with van der Waals surface area (Å²) in [6.07, 6.45) is 1.72. The molecule has 2 heterocycles. The van der Waals surface area contributed by atoms with Crippen molar-refractivity contribution >= 4 is 18.0 Å². The quantitative estimate of drug-likeness (QED) is 0.521. The van der Waals surface area contributed by atoms with Crippen molar-refractivity contribution in [3.8, 4) is 17.2 Å². The molecule has 194 valence electrons. The number of aromatic nitrogens is 1. The molecular formula is C28H28F2N2O5. The smallest absolute Gasteiger partial charge is 0.336 e. The normalized spacial score (nSPS) is 29.3. The maximum atomic E-state index is 15.4. The van der Waals surface area contributed by atoms with E-state index in [1.165, 1.54) is 14.0 Å². The highest BCUT2D eigenvalue weighted by Crippen LogP contribution is 2.61. The van der Waals surface area contributed by atoms with Gasteiger partial charge in [0.25, 0.3) is 5.92 Å². The SMILES string of the molecule is COC(=O)[C@@H](OC)[C@@]12CC(F)(F)[C@@H](C)[C@H](/C=C/c3ccc(-c4ccccc4C#N)cn3)[C@@H]1[C@@H](C)OC2=O. The minimum atomic E-state index is -3.28. The van der Waals surface area contributed by atoms with Gasteiger partial charge in [0.05, 0.1) is 24.4 Å². The van der Waals surface area contributed by atoms with E-state index in [-0.39, 0.29) is 0 Å². The molecule has 1 aliphatic carbocycles. The monoisotopic (exact) mass is 510 g/mol. The van der Waals surface area contributed by atoms with Crippen LogP contribution in [-0.4, -0.2) is 49.3 Å². The van der Waals surface area contributed by atoms with Gasteiger partial charge < -0.3 is 14.2 Å². The molecule has 7 nitrogen and oxygen atoms in total. The molecule has 1 aromatic carbocycles. The van der Waals surface area contributed by atoms with Crippen molar-refractivity contribution in [1.29, 1.82) is 5.26 Å². The molecule has 0 unspecified atom stereocenters. The van der Waals surface area contributed by atoms with E-state index in [1.807, 2.05) is 12.1 Å². The largest absolute Gasteiger partial charge is 0.467 e. The molecule has 1 aliphatic heterocycles. The first-order valence-electron chi connectivity index (χ1n) is 11.9. The Morgan fingerprint density at radius 1 is 1.24 bits per heavy atom. The number of benzene rings is 1. The van der Waals surface area contributed by atoms with Crippen LogP contribution in [0.3, 0.4) is 0 Å². The number of rotatable bonds is 6. The predicted octanol–water partition coefficient (Wildman–Crippen LogP) is 4.66. The Kier molecular flexibility index (Phi) is 7.16. The third-order valence-electron chi connectivity index (χ3n) is 7.71. The minimum Gasteiger partial charge on any atom is -0.467 e. The van der Waals surface area contributed by atoms with Gasteiger partial charge in [0.1, 0.15) is 11.5 Å². The lowest BCUT2D eigenvalue weighted by atomic mass is 9.54. The second-order valence-electron chi connectivity index (χ2n) is 9.61. The van der Waals surface area contributed by atoms with E-state index < -0.39 is 59.7 Å². The summed E-state index contributed by atoms with van der Waals surface area (Å²) in [4.78, 5) is 30.1. The fraction of sp³-hybridized carbons (Fsp3) is 0.429. The van der Waals surface area contributed by atoms with Crippen LogP contribution in [0.1, 0.15) is 31.5 Å². The number of hydrogen-bond donors (Lipinski definition) is 0.